The maximum Gasteiger partial charge on any atom is 0.342 e. The summed E-state index contributed by atoms with van der Waals surface area (Å²) in [5, 5.41) is 21.6. The summed E-state index contributed by atoms with van der Waals surface area (Å²) >= 11 is 0. The Kier molecular flexibility index (Phi) is 3.19. The van der Waals surface area contributed by atoms with Gasteiger partial charge in [0.2, 0.25) is 0 Å². The minimum absolute atomic E-state index is 0.0409. The molecule has 1 amide bonds. The third kappa shape index (κ3) is 2.14. The predicted octanol–water partition coefficient (Wildman–Crippen LogP) is 0.653. The van der Waals surface area contributed by atoms with Gasteiger partial charge in [-0.1, -0.05) is 0 Å². The summed E-state index contributed by atoms with van der Waals surface area (Å²) in [6, 6.07) is 3.18. The molecule has 1 aromatic rings. The van der Waals surface area contributed by atoms with E-state index >= 15 is 0 Å². The maximum absolute atomic E-state index is 11.2. The number of carboxylic acid groups (broad SMARTS) is 1. The van der Waals surface area contributed by atoms with Crippen LogP contribution < -0.4 is 5.32 Å². The van der Waals surface area contributed by atoms with Crippen molar-refractivity contribution in [1.29, 1.82) is 0 Å². The van der Waals surface area contributed by atoms with Crippen molar-refractivity contribution in [1.82, 2.24) is 5.32 Å². The van der Waals surface area contributed by atoms with Gasteiger partial charge in [0, 0.05) is 18.7 Å². The van der Waals surface area contributed by atoms with Crippen molar-refractivity contribution in [2.75, 3.05) is 7.05 Å². The molecule has 1 rings (SSSR count). The highest BCUT2D eigenvalue weighted by molar-refractivity contribution is 5.98. The van der Waals surface area contributed by atoms with Crippen LogP contribution in [0.5, 0.6) is 0 Å². The summed E-state index contributed by atoms with van der Waals surface area (Å²) in [6.07, 6.45) is 0. The Bertz CT molecular complexity index is 469. The lowest BCUT2D eigenvalue weighted by molar-refractivity contribution is -0.385. The number of carbonyl (C=O) groups excluding carboxylic acids is 1. The van der Waals surface area contributed by atoms with E-state index in [4.69, 9.17) is 5.11 Å². The molecule has 0 fully saturated rings. The fourth-order valence-corrected chi connectivity index (χ4v) is 1.15. The molecule has 0 atom stereocenters. The molecule has 7 heteroatoms. The van der Waals surface area contributed by atoms with Crippen molar-refractivity contribution < 1.29 is 19.6 Å². The molecular weight excluding hydrogens is 216 g/mol. The van der Waals surface area contributed by atoms with Gasteiger partial charge in [0.05, 0.1) is 4.92 Å². The second-order valence-electron chi connectivity index (χ2n) is 2.87. The monoisotopic (exact) mass is 224 g/mol. The molecule has 16 heavy (non-hydrogen) atoms. The Hall–Kier alpha value is -2.44. The van der Waals surface area contributed by atoms with E-state index in [0.717, 1.165) is 12.1 Å². The lowest BCUT2D eigenvalue weighted by Gasteiger charge is -2.01. The van der Waals surface area contributed by atoms with Gasteiger partial charge >= 0.3 is 5.97 Å². The van der Waals surface area contributed by atoms with Gasteiger partial charge in [-0.3, -0.25) is 14.9 Å². The van der Waals surface area contributed by atoms with E-state index in [0.29, 0.717) is 0 Å². The molecule has 0 heterocycles. The molecule has 0 spiro atoms. The topological polar surface area (TPSA) is 110 Å². The van der Waals surface area contributed by atoms with Crippen molar-refractivity contribution in [3.63, 3.8) is 0 Å². The van der Waals surface area contributed by atoms with E-state index in [1.54, 1.807) is 0 Å². The summed E-state index contributed by atoms with van der Waals surface area (Å²) in [5.41, 5.74) is -1.01. The van der Waals surface area contributed by atoms with Gasteiger partial charge in [-0.15, -0.1) is 0 Å². The van der Waals surface area contributed by atoms with Crippen LogP contribution in [-0.4, -0.2) is 29.0 Å². The highest BCUT2D eigenvalue weighted by Gasteiger charge is 2.21. The Morgan fingerprint density at radius 2 is 2.06 bits per heavy atom. The van der Waals surface area contributed by atoms with Crippen LogP contribution in [0.2, 0.25) is 0 Å². The largest absolute Gasteiger partial charge is 0.477 e. The third-order valence-corrected chi connectivity index (χ3v) is 1.91. The van der Waals surface area contributed by atoms with Crippen molar-refractivity contribution in [2.45, 2.75) is 0 Å². The van der Waals surface area contributed by atoms with E-state index < -0.39 is 28.1 Å². The molecule has 0 aliphatic rings. The Morgan fingerprint density at radius 1 is 1.44 bits per heavy atom. The van der Waals surface area contributed by atoms with E-state index in [1.807, 2.05) is 0 Å². The molecule has 0 bridgehead atoms. The van der Waals surface area contributed by atoms with E-state index in [9.17, 15) is 19.7 Å². The molecule has 84 valence electrons. The standard InChI is InChI=1S/C9H8N2O5/c1-10-8(12)5-2-3-6(9(13)14)7(4-5)11(15)16/h2-4H,1H3,(H,10,12)(H,13,14). The van der Waals surface area contributed by atoms with Crippen LogP contribution in [0.15, 0.2) is 18.2 Å². The average molecular weight is 224 g/mol. The van der Waals surface area contributed by atoms with Crippen LogP contribution in [0.1, 0.15) is 20.7 Å². The first-order chi connectivity index (χ1) is 7.47. The number of nitro benzene ring substituents is 1. The number of carbonyl (C=O) groups is 2. The molecule has 0 radical (unpaired) electrons. The Balaban J connectivity index is 3.34. The molecule has 0 aliphatic carbocycles. The fraction of sp³-hybridized carbons (Fsp3) is 0.111. The number of nitrogens with one attached hydrogen (secondary N) is 1. The summed E-state index contributed by atoms with van der Waals surface area (Å²) < 4.78 is 0. The summed E-state index contributed by atoms with van der Waals surface area (Å²) in [6.45, 7) is 0. The molecule has 0 saturated carbocycles. The quantitative estimate of drug-likeness (QED) is 0.578. The molecule has 2 N–H and O–H groups in total. The molecule has 0 aromatic heterocycles. The van der Waals surface area contributed by atoms with E-state index in [2.05, 4.69) is 5.32 Å². The zero-order chi connectivity index (χ0) is 12.3. The molecule has 7 nitrogen and oxygen atoms in total. The van der Waals surface area contributed by atoms with Gasteiger partial charge in [0.15, 0.2) is 0 Å². The normalized spacial score (nSPS) is 9.56. The van der Waals surface area contributed by atoms with E-state index in [1.165, 1.54) is 13.1 Å². The number of aromatic carboxylic acids is 1. The van der Waals surface area contributed by atoms with Crippen LogP contribution in [0, 0.1) is 10.1 Å². The van der Waals surface area contributed by atoms with Gasteiger partial charge in [0.1, 0.15) is 5.56 Å². The molecular formula is C9H8N2O5. The van der Waals surface area contributed by atoms with E-state index in [-0.39, 0.29) is 5.56 Å². The number of rotatable bonds is 3. The van der Waals surface area contributed by atoms with Gasteiger partial charge in [0.25, 0.3) is 11.6 Å². The number of benzene rings is 1. The molecule has 1 aromatic carbocycles. The van der Waals surface area contributed by atoms with Crippen LogP contribution in [0.3, 0.4) is 0 Å². The van der Waals surface area contributed by atoms with Gasteiger partial charge in [-0.2, -0.15) is 0 Å². The predicted molar refractivity (Wildman–Crippen MR) is 53.4 cm³/mol. The lowest BCUT2D eigenvalue weighted by atomic mass is 10.1. The maximum atomic E-state index is 11.2. The SMILES string of the molecule is CNC(=O)c1ccc(C(=O)O)c([N+](=O)[O-])c1. The molecule has 0 aliphatic heterocycles. The zero-order valence-electron chi connectivity index (χ0n) is 8.26. The van der Waals surface area contributed by atoms with Gasteiger partial charge in [-0.05, 0) is 12.1 Å². The summed E-state index contributed by atoms with van der Waals surface area (Å²) in [4.78, 5) is 31.6. The van der Waals surface area contributed by atoms with Crippen LogP contribution >= 0.6 is 0 Å². The molecule has 0 saturated heterocycles. The summed E-state index contributed by atoms with van der Waals surface area (Å²) in [5.74, 6) is -1.92. The highest BCUT2D eigenvalue weighted by atomic mass is 16.6. The first kappa shape index (κ1) is 11.6. The number of carboxylic acids is 1. The first-order valence-corrected chi connectivity index (χ1v) is 4.21. The Labute approximate surface area is 89.8 Å². The van der Waals surface area contributed by atoms with Crippen LogP contribution in [0.4, 0.5) is 5.69 Å². The Morgan fingerprint density at radius 3 is 2.50 bits per heavy atom. The minimum atomic E-state index is -1.41. The lowest BCUT2D eigenvalue weighted by Crippen LogP contribution is -2.18. The van der Waals surface area contributed by atoms with Crippen molar-refractivity contribution in [2.24, 2.45) is 0 Å². The summed E-state index contributed by atoms with van der Waals surface area (Å²) in [7, 11) is 1.37. The first-order valence-electron chi connectivity index (χ1n) is 4.21. The second-order valence-corrected chi connectivity index (χ2v) is 2.87. The minimum Gasteiger partial charge on any atom is -0.477 e. The molecule has 0 unspecified atom stereocenters. The third-order valence-electron chi connectivity index (χ3n) is 1.91. The van der Waals surface area contributed by atoms with Crippen molar-refractivity contribution in [3.05, 3.63) is 39.4 Å². The number of hydrogen-bond acceptors (Lipinski definition) is 4. The number of nitro groups is 1. The van der Waals surface area contributed by atoms with Crippen LogP contribution in [-0.2, 0) is 0 Å². The van der Waals surface area contributed by atoms with Gasteiger partial charge in [-0.25, -0.2) is 4.79 Å². The number of nitrogens with zero attached hydrogens (tertiary/aromatic N) is 1. The average Bonchev–Trinajstić information content (AvgIpc) is 2.26. The second kappa shape index (κ2) is 4.39. The number of hydrogen-bond donors (Lipinski definition) is 2. The van der Waals surface area contributed by atoms with Crippen LogP contribution in [0.25, 0.3) is 0 Å². The highest BCUT2D eigenvalue weighted by Crippen LogP contribution is 2.20. The smallest absolute Gasteiger partial charge is 0.342 e. The fourth-order valence-electron chi connectivity index (χ4n) is 1.15. The number of amides is 1. The van der Waals surface area contributed by atoms with Crippen molar-refractivity contribution >= 4 is 17.6 Å². The van der Waals surface area contributed by atoms with Gasteiger partial charge < -0.3 is 10.4 Å². The zero-order valence-corrected chi connectivity index (χ0v) is 8.26. The van der Waals surface area contributed by atoms with Crippen molar-refractivity contribution in [3.8, 4) is 0 Å².